The van der Waals surface area contributed by atoms with Crippen LogP contribution in [0.2, 0.25) is 0 Å². The molecule has 4 rings (SSSR count). The Morgan fingerprint density at radius 3 is 2.82 bits per heavy atom. The van der Waals surface area contributed by atoms with Crippen LogP contribution in [0.15, 0.2) is 47.5 Å². The molecule has 6 atom stereocenters. The van der Waals surface area contributed by atoms with Crippen molar-refractivity contribution in [2.24, 2.45) is 29.1 Å². The zero-order valence-corrected chi connectivity index (χ0v) is 12.9. The first kappa shape index (κ1) is 14.1. The molecule has 0 saturated heterocycles. The zero-order chi connectivity index (χ0) is 15.5. The molecule has 3 nitrogen and oxygen atoms in total. The SMILES string of the molecule is C[C@]12CC[C@H]3[C@@H](C=CC4=C(O)C(O)C=C[C@@H]43)[C@@H]1CC/C2=C/O. The fraction of sp³-hybridized carbons (Fsp3) is 0.579. The van der Waals surface area contributed by atoms with Crippen molar-refractivity contribution in [1.82, 2.24) is 0 Å². The van der Waals surface area contributed by atoms with Crippen molar-refractivity contribution in [2.45, 2.75) is 38.7 Å². The maximum absolute atomic E-state index is 10.2. The molecule has 3 N–H and O–H groups in total. The Balaban J connectivity index is 1.73. The number of rotatable bonds is 0. The summed E-state index contributed by atoms with van der Waals surface area (Å²) in [5, 5.41) is 29.5. The number of hydrogen-bond acceptors (Lipinski definition) is 3. The minimum atomic E-state index is -0.850. The van der Waals surface area contributed by atoms with Crippen molar-refractivity contribution in [3.63, 3.8) is 0 Å². The molecular weight excluding hydrogens is 276 g/mol. The first-order valence-corrected chi connectivity index (χ1v) is 8.37. The largest absolute Gasteiger partial charge is 0.516 e. The lowest BCUT2D eigenvalue weighted by molar-refractivity contribution is 0.0665. The van der Waals surface area contributed by atoms with Crippen LogP contribution in [0.1, 0.15) is 32.6 Å². The van der Waals surface area contributed by atoms with E-state index in [2.05, 4.69) is 19.1 Å². The molecule has 2 saturated carbocycles. The lowest BCUT2D eigenvalue weighted by Crippen LogP contribution is -2.43. The van der Waals surface area contributed by atoms with Gasteiger partial charge in [-0.2, -0.15) is 0 Å². The molecule has 118 valence electrons. The predicted octanol–water partition coefficient (Wildman–Crippen LogP) is 3.80. The molecule has 0 amide bonds. The zero-order valence-electron chi connectivity index (χ0n) is 12.9. The lowest BCUT2D eigenvalue weighted by Gasteiger charge is -2.50. The van der Waals surface area contributed by atoms with Crippen molar-refractivity contribution in [2.75, 3.05) is 0 Å². The summed E-state index contributed by atoms with van der Waals surface area (Å²) in [6.07, 6.45) is 12.9. The van der Waals surface area contributed by atoms with Gasteiger partial charge in [0.25, 0.3) is 0 Å². The second kappa shape index (κ2) is 4.76. The van der Waals surface area contributed by atoms with Crippen LogP contribution in [0.5, 0.6) is 0 Å². The monoisotopic (exact) mass is 300 g/mol. The maximum atomic E-state index is 10.2. The summed E-state index contributed by atoms with van der Waals surface area (Å²) in [5.74, 6) is 1.92. The van der Waals surface area contributed by atoms with Gasteiger partial charge in [0.2, 0.25) is 0 Å². The van der Waals surface area contributed by atoms with Crippen LogP contribution < -0.4 is 0 Å². The van der Waals surface area contributed by atoms with E-state index in [1.165, 1.54) is 11.8 Å². The molecule has 0 aromatic heterocycles. The van der Waals surface area contributed by atoms with Gasteiger partial charge in [0.15, 0.2) is 0 Å². The van der Waals surface area contributed by atoms with Gasteiger partial charge in [-0.05, 0) is 60.0 Å². The minimum Gasteiger partial charge on any atom is -0.516 e. The highest BCUT2D eigenvalue weighted by atomic mass is 16.3. The smallest absolute Gasteiger partial charge is 0.129 e. The molecule has 22 heavy (non-hydrogen) atoms. The van der Waals surface area contributed by atoms with E-state index in [1.807, 2.05) is 6.08 Å². The summed E-state index contributed by atoms with van der Waals surface area (Å²) in [7, 11) is 0. The van der Waals surface area contributed by atoms with Gasteiger partial charge >= 0.3 is 0 Å². The minimum absolute atomic E-state index is 0.123. The Morgan fingerprint density at radius 2 is 2.05 bits per heavy atom. The second-order valence-corrected chi connectivity index (χ2v) is 7.55. The summed E-state index contributed by atoms with van der Waals surface area (Å²) in [6, 6.07) is 0. The Hall–Kier alpha value is -1.48. The second-order valence-electron chi connectivity index (χ2n) is 7.55. The van der Waals surface area contributed by atoms with Gasteiger partial charge in [-0.25, -0.2) is 0 Å². The van der Waals surface area contributed by atoms with Gasteiger partial charge in [0.05, 0.1) is 6.26 Å². The first-order chi connectivity index (χ1) is 10.6. The third-order valence-corrected chi connectivity index (χ3v) is 6.78. The fourth-order valence-corrected chi connectivity index (χ4v) is 5.53. The summed E-state index contributed by atoms with van der Waals surface area (Å²) in [6.45, 7) is 2.31. The van der Waals surface area contributed by atoms with Crippen LogP contribution in [0, 0.1) is 29.1 Å². The number of aliphatic hydroxyl groups is 3. The third kappa shape index (κ3) is 1.72. The normalized spacial score (nSPS) is 48.3. The van der Waals surface area contributed by atoms with Gasteiger partial charge < -0.3 is 15.3 Å². The van der Waals surface area contributed by atoms with E-state index < -0.39 is 6.10 Å². The molecule has 3 heteroatoms. The van der Waals surface area contributed by atoms with Crippen molar-refractivity contribution >= 4 is 0 Å². The van der Waals surface area contributed by atoms with Crippen molar-refractivity contribution in [3.8, 4) is 0 Å². The molecule has 0 heterocycles. The molecule has 4 aliphatic carbocycles. The highest BCUT2D eigenvalue weighted by Crippen LogP contribution is 2.61. The molecule has 0 spiro atoms. The first-order valence-electron chi connectivity index (χ1n) is 8.37. The van der Waals surface area contributed by atoms with E-state index in [9.17, 15) is 15.3 Å². The number of hydrogen-bond donors (Lipinski definition) is 3. The molecule has 0 bridgehead atoms. The molecule has 0 aromatic carbocycles. The van der Waals surface area contributed by atoms with E-state index in [1.54, 1.807) is 6.08 Å². The van der Waals surface area contributed by atoms with E-state index in [0.717, 1.165) is 31.3 Å². The Kier molecular flexibility index (Phi) is 3.06. The highest BCUT2D eigenvalue weighted by molar-refractivity contribution is 5.40. The molecule has 0 aromatic rings. The molecule has 2 fully saturated rings. The van der Waals surface area contributed by atoms with E-state index in [-0.39, 0.29) is 17.1 Å². The third-order valence-electron chi connectivity index (χ3n) is 6.78. The number of fused-ring (bicyclic) bond motifs is 5. The quantitative estimate of drug-likeness (QED) is 0.471. The Bertz CT molecular complexity index is 612. The molecule has 1 unspecified atom stereocenters. The van der Waals surface area contributed by atoms with Crippen LogP contribution in [-0.4, -0.2) is 21.4 Å². The molecular formula is C19H24O3. The number of allylic oxidation sites excluding steroid dienone is 5. The van der Waals surface area contributed by atoms with Crippen molar-refractivity contribution in [1.29, 1.82) is 0 Å². The van der Waals surface area contributed by atoms with Gasteiger partial charge in [0, 0.05) is 5.92 Å². The van der Waals surface area contributed by atoms with Gasteiger partial charge in [-0.1, -0.05) is 31.2 Å². The fourth-order valence-electron chi connectivity index (χ4n) is 5.53. The topological polar surface area (TPSA) is 60.7 Å². The number of aliphatic hydroxyl groups excluding tert-OH is 3. The highest BCUT2D eigenvalue weighted by Gasteiger charge is 2.53. The van der Waals surface area contributed by atoms with E-state index in [4.69, 9.17) is 0 Å². The van der Waals surface area contributed by atoms with Gasteiger partial charge in [0.1, 0.15) is 11.9 Å². The summed E-state index contributed by atoms with van der Waals surface area (Å²) < 4.78 is 0. The molecule has 0 aliphatic heterocycles. The standard InChI is InChI=1S/C19H24O3/c1-19-9-8-13-12-5-7-17(21)18(22)15(12)4-3-14(13)16(19)6-2-11(19)10-20/h3-5,7,10,12-14,16-17,20-22H,2,6,8-9H2,1H3/b11-10-/t12-,13-,14-,16+,17?,19-/m1/s1. The van der Waals surface area contributed by atoms with Gasteiger partial charge in [-0.3, -0.25) is 0 Å². The summed E-state index contributed by atoms with van der Waals surface area (Å²) >= 11 is 0. The van der Waals surface area contributed by atoms with Crippen LogP contribution in [0.3, 0.4) is 0 Å². The average molecular weight is 300 g/mol. The van der Waals surface area contributed by atoms with E-state index in [0.29, 0.717) is 17.8 Å². The van der Waals surface area contributed by atoms with Crippen molar-refractivity contribution < 1.29 is 15.3 Å². The van der Waals surface area contributed by atoms with Crippen LogP contribution in [0.4, 0.5) is 0 Å². The summed E-state index contributed by atoms with van der Waals surface area (Å²) in [5.41, 5.74) is 2.24. The molecule has 0 radical (unpaired) electrons. The van der Waals surface area contributed by atoms with E-state index >= 15 is 0 Å². The maximum Gasteiger partial charge on any atom is 0.129 e. The Labute approximate surface area is 131 Å². The Morgan fingerprint density at radius 1 is 1.23 bits per heavy atom. The van der Waals surface area contributed by atoms with Crippen LogP contribution in [-0.2, 0) is 0 Å². The average Bonchev–Trinajstić information content (AvgIpc) is 2.87. The molecule has 4 aliphatic rings. The van der Waals surface area contributed by atoms with Crippen molar-refractivity contribution in [3.05, 3.63) is 47.5 Å². The predicted molar refractivity (Wildman–Crippen MR) is 85.2 cm³/mol. The van der Waals surface area contributed by atoms with Gasteiger partial charge in [-0.15, -0.1) is 0 Å². The summed E-state index contributed by atoms with van der Waals surface area (Å²) in [4.78, 5) is 0. The van der Waals surface area contributed by atoms with Crippen LogP contribution >= 0.6 is 0 Å². The van der Waals surface area contributed by atoms with Crippen LogP contribution in [0.25, 0.3) is 0 Å². The lowest BCUT2D eigenvalue weighted by atomic mass is 9.54.